The number of aliphatic hydroxyl groups is 1. The maximum atomic E-state index is 14.1. The SMILES string of the molecule is CO[C@H]1O[C@H](COCc2ccccc2)[C@@H](O)[C@H](O[C@@H]2O[C@H](COCc3ccccc3)[C@@H](O[Si](C)(C)C(C)(C)C)[C@H](O[Si](C)(C)C(C)(C)C)[C@H]2O[Si](C)(C)C(C)(C)C)[C@H]1N1C(=O)C(C)=C(C)C1=O. The third-order valence-electron chi connectivity index (χ3n) is 15.2. The van der Waals surface area contributed by atoms with Crippen LogP contribution < -0.4 is 0 Å². The molecule has 2 saturated heterocycles. The number of hydrogen-bond donors (Lipinski definition) is 1. The molecule has 10 atom stereocenters. The van der Waals surface area contributed by atoms with E-state index >= 15 is 0 Å². The van der Waals surface area contributed by atoms with Crippen LogP contribution in [0.15, 0.2) is 71.8 Å². The third-order valence-corrected chi connectivity index (χ3v) is 28.6. The molecule has 67 heavy (non-hydrogen) atoms. The number of rotatable bonds is 18. The first kappa shape index (κ1) is 55.5. The van der Waals surface area contributed by atoms with Crippen LogP contribution in [0.25, 0.3) is 0 Å². The Kier molecular flexibility index (Phi) is 17.8. The Hall–Kier alpha value is -2.43. The summed E-state index contributed by atoms with van der Waals surface area (Å²) in [6.07, 6.45) is -9.29. The highest BCUT2D eigenvalue weighted by atomic mass is 28.4. The Morgan fingerprint density at radius 2 is 0.955 bits per heavy atom. The van der Waals surface area contributed by atoms with Gasteiger partial charge in [-0.25, -0.2) is 0 Å². The Bertz CT molecular complexity index is 1970. The zero-order valence-electron chi connectivity index (χ0n) is 43.8. The average molecular weight is 986 g/mol. The molecule has 376 valence electrons. The molecule has 2 amide bonds. The van der Waals surface area contributed by atoms with Crippen molar-refractivity contribution in [1.29, 1.82) is 0 Å². The second-order valence-electron chi connectivity index (χ2n) is 23.2. The summed E-state index contributed by atoms with van der Waals surface area (Å²) in [6, 6.07) is 18.4. The highest BCUT2D eigenvalue weighted by Crippen LogP contribution is 2.47. The first-order valence-electron chi connectivity index (χ1n) is 23.9. The molecule has 0 bridgehead atoms. The van der Waals surface area contributed by atoms with E-state index in [1.807, 2.05) is 60.7 Å². The van der Waals surface area contributed by atoms with E-state index in [9.17, 15) is 14.7 Å². The topological polar surface area (TPSA) is 141 Å². The van der Waals surface area contributed by atoms with Crippen molar-refractivity contribution >= 4 is 36.8 Å². The minimum atomic E-state index is -2.72. The predicted octanol–water partition coefficient (Wildman–Crippen LogP) is 9.51. The van der Waals surface area contributed by atoms with Crippen LogP contribution in [0.4, 0.5) is 0 Å². The van der Waals surface area contributed by atoms with Crippen LogP contribution in [-0.2, 0) is 64.5 Å². The van der Waals surface area contributed by atoms with Crippen molar-refractivity contribution in [3.8, 4) is 0 Å². The molecule has 0 radical (unpaired) electrons. The lowest BCUT2D eigenvalue weighted by Gasteiger charge is -2.55. The van der Waals surface area contributed by atoms with Gasteiger partial charge in [-0.1, -0.05) is 123 Å². The Labute approximate surface area is 404 Å². The molecule has 0 spiro atoms. The molecule has 0 saturated carbocycles. The van der Waals surface area contributed by atoms with E-state index in [1.54, 1.807) is 13.8 Å². The fourth-order valence-electron chi connectivity index (χ4n) is 7.67. The Morgan fingerprint density at radius 3 is 1.37 bits per heavy atom. The second kappa shape index (κ2) is 21.5. The van der Waals surface area contributed by atoms with E-state index in [0.717, 1.165) is 16.0 Å². The highest BCUT2D eigenvalue weighted by molar-refractivity contribution is 6.75. The van der Waals surface area contributed by atoms with E-state index in [-0.39, 0.29) is 34.9 Å². The van der Waals surface area contributed by atoms with Crippen molar-refractivity contribution < 1.29 is 56.4 Å². The fourth-order valence-corrected chi connectivity index (χ4v) is 11.6. The zero-order chi connectivity index (χ0) is 50.1. The molecule has 3 heterocycles. The van der Waals surface area contributed by atoms with Crippen molar-refractivity contribution in [2.45, 2.75) is 205 Å². The second-order valence-corrected chi connectivity index (χ2v) is 37.4. The summed E-state index contributed by atoms with van der Waals surface area (Å²) in [5.74, 6) is -1.05. The van der Waals surface area contributed by atoms with Gasteiger partial charge in [0.15, 0.2) is 37.5 Å². The quantitative estimate of drug-likeness (QED) is 0.112. The molecule has 3 aliphatic rings. The van der Waals surface area contributed by atoms with Gasteiger partial charge in [0.2, 0.25) is 0 Å². The summed E-state index contributed by atoms with van der Waals surface area (Å²) in [5, 5.41) is 12.0. The molecule has 13 nitrogen and oxygen atoms in total. The Morgan fingerprint density at radius 1 is 0.567 bits per heavy atom. The number of ether oxygens (including phenoxy) is 6. The molecule has 2 aromatic rings. The molecular weight excluding hydrogens is 903 g/mol. The fraction of sp³-hybridized carbons (Fsp3) is 0.686. The van der Waals surface area contributed by atoms with Gasteiger partial charge in [-0.15, -0.1) is 0 Å². The number of carbonyl (C=O) groups excluding carboxylic acids is 2. The van der Waals surface area contributed by atoms with E-state index in [2.05, 4.69) is 102 Å². The van der Waals surface area contributed by atoms with Crippen LogP contribution in [0.2, 0.25) is 54.4 Å². The van der Waals surface area contributed by atoms with Gasteiger partial charge in [0.25, 0.3) is 11.8 Å². The summed E-state index contributed by atoms with van der Waals surface area (Å²) >= 11 is 0. The third kappa shape index (κ3) is 12.7. The van der Waals surface area contributed by atoms with Gasteiger partial charge in [0, 0.05) is 18.3 Å². The van der Waals surface area contributed by atoms with Gasteiger partial charge in [-0.05, 0) is 79.4 Å². The zero-order valence-corrected chi connectivity index (χ0v) is 46.8. The molecule has 3 aliphatic heterocycles. The summed E-state index contributed by atoms with van der Waals surface area (Å²) in [7, 11) is -6.51. The predicted molar refractivity (Wildman–Crippen MR) is 268 cm³/mol. The summed E-state index contributed by atoms with van der Waals surface area (Å²) in [5.41, 5.74) is 2.52. The minimum Gasteiger partial charge on any atom is -0.408 e. The number of carbonyl (C=O) groups is 2. The van der Waals surface area contributed by atoms with Gasteiger partial charge in [-0.2, -0.15) is 0 Å². The number of methoxy groups -OCH3 is 1. The summed E-state index contributed by atoms with van der Waals surface area (Å²) < 4.78 is 62.4. The monoisotopic (exact) mass is 986 g/mol. The molecule has 0 aromatic heterocycles. The van der Waals surface area contributed by atoms with Gasteiger partial charge in [0.05, 0.1) is 26.4 Å². The van der Waals surface area contributed by atoms with Crippen LogP contribution in [0.3, 0.4) is 0 Å². The maximum absolute atomic E-state index is 14.1. The number of nitrogens with zero attached hydrogens (tertiary/aromatic N) is 1. The standard InChI is InChI=1S/C51H83NO12Si3/c1-33-34(2)46(55)52(45(33)54)39-42(40(53)37(59-47(39)56-12)31-57-29-35-25-21-19-22-26-35)61-48-44(64-67(17,18)51(9,10)11)43(63-66(15,16)50(6,7)8)41(62-65(13,14)49(3,4)5)38(60-48)32-58-30-36-27-23-20-24-28-36/h19-28,37-44,47-48,53H,29-32H2,1-18H3/t37-,38-,39-,40-,41-,42-,43+,44-,47+,48+/m1/s1. The van der Waals surface area contributed by atoms with Crippen molar-refractivity contribution in [2.75, 3.05) is 20.3 Å². The van der Waals surface area contributed by atoms with Crippen molar-refractivity contribution in [3.63, 3.8) is 0 Å². The molecule has 2 aromatic carbocycles. The van der Waals surface area contributed by atoms with Crippen molar-refractivity contribution in [2.24, 2.45) is 0 Å². The number of imide groups is 1. The van der Waals surface area contributed by atoms with Crippen molar-refractivity contribution in [1.82, 2.24) is 4.90 Å². The van der Waals surface area contributed by atoms with Gasteiger partial charge in [-0.3, -0.25) is 14.5 Å². The largest absolute Gasteiger partial charge is 0.408 e. The smallest absolute Gasteiger partial charge is 0.257 e. The van der Waals surface area contributed by atoms with E-state index in [1.165, 1.54) is 7.11 Å². The minimum absolute atomic E-state index is 0.0500. The summed E-state index contributed by atoms with van der Waals surface area (Å²) in [4.78, 5) is 29.4. The average Bonchev–Trinajstić information content (AvgIpc) is 3.41. The van der Waals surface area contributed by atoms with Crippen LogP contribution >= 0.6 is 0 Å². The number of aliphatic hydroxyl groups excluding tert-OH is 1. The lowest BCUT2D eigenvalue weighted by molar-refractivity contribution is -0.345. The van der Waals surface area contributed by atoms with Crippen LogP contribution in [0, 0.1) is 0 Å². The van der Waals surface area contributed by atoms with Gasteiger partial charge < -0.3 is 46.8 Å². The van der Waals surface area contributed by atoms with Crippen LogP contribution in [-0.4, -0.2) is 128 Å². The van der Waals surface area contributed by atoms with E-state index in [4.69, 9.17) is 41.7 Å². The van der Waals surface area contributed by atoms with Crippen molar-refractivity contribution in [3.05, 3.63) is 82.9 Å². The molecule has 0 unspecified atom stereocenters. The van der Waals surface area contributed by atoms with E-state index in [0.29, 0.717) is 17.8 Å². The first-order valence-corrected chi connectivity index (χ1v) is 32.6. The van der Waals surface area contributed by atoms with Crippen LogP contribution in [0.1, 0.15) is 87.3 Å². The first-order chi connectivity index (χ1) is 30.9. The molecule has 5 rings (SSSR count). The van der Waals surface area contributed by atoms with Gasteiger partial charge in [0.1, 0.15) is 48.8 Å². The van der Waals surface area contributed by atoms with E-state index < -0.39 is 98.1 Å². The highest BCUT2D eigenvalue weighted by Gasteiger charge is 2.60. The number of amides is 2. The molecule has 0 aliphatic carbocycles. The maximum Gasteiger partial charge on any atom is 0.257 e. The molecular formula is C51H83NO12Si3. The Balaban J connectivity index is 1.69. The summed E-state index contributed by atoms with van der Waals surface area (Å²) in [6.45, 7) is 36.9. The lowest BCUT2D eigenvalue weighted by Crippen LogP contribution is -2.71. The normalized spacial score (nSPS) is 28.4. The lowest BCUT2D eigenvalue weighted by atomic mass is 9.94. The number of hydrogen-bond acceptors (Lipinski definition) is 12. The van der Waals surface area contributed by atoms with Gasteiger partial charge >= 0.3 is 0 Å². The molecule has 1 N–H and O–H groups in total. The van der Waals surface area contributed by atoms with Crippen LogP contribution in [0.5, 0.6) is 0 Å². The molecule has 16 heteroatoms. The number of benzene rings is 2. The molecule has 2 fully saturated rings.